The molecule has 5 nitrogen and oxygen atoms in total. The molecule has 112 valence electrons. The van der Waals surface area contributed by atoms with E-state index in [4.69, 9.17) is 4.74 Å². The normalized spacial score (nSPS) is 17.0. The third-order valence-corrected chi connectivity index (χ3v) is 3.72. The molecule has 1 aromatic heterocycles. The number of aromatic nitrogens is 2. The summed E-state index contributed by atoms with van der Waals surface area (Å²) in [5, 5.41) is 1.03. The molecule has 0 unspecified atom stereocenters. The minimum atomic E-state index is 0.630. The van der Waals surface area contributed by atoms with Gasteiger partial charge in [-0.2, -0.15) is 4.98 Å². The molecule has 0 aliphatic carbocycles. The fourth-order valence-electron chi connectivity index (χ4n) is 2.31. The van der Waals surface area contributed by atoms with Crippen LogP contribution in [0.5, 0.6) is 5.88 Å². The maximum absolute atomic E-state index is 5.56. The second kappa shape index (κ2) is 8.42. The zero-order valence-electron chi connectivity index (χ0n) is 12.1. The molecule has 0 bridgehead atoms. The first-order valence-corrected chi connectivity index (χ1v) is 8.43. The van der Waals surface area contributed by atoms with Gasteiger partial charge >= 0.3 is 0 Å². The number of alkyl halides is 1. The largest absolute Gasteiger partial charge is 0.477 e. The summed E-state index contributed by atoms with van der Waals surface area (Å²) in [5.41, 5.74) is 0. The molecular formula is C14H23BrN4O. The number of hydrogen-bond donors (Lipinski definition) is 0. The lowest BCUT2D eigenvalue weighted by atomic mass is 10.4. The molecule has 6 heteroatoms. The molecule has 2 rings (SSSR count). The topological polar surface area (TPSA) is 41.5 Å². The van der Waals surface area contributed by atoms with Crippen LogP contribution in [-0.4, -0.2) is 59.5 Å². The Kier molecular flexibility index (Phi) is 6.53. The highest BCUT2D eigenvalue weighted by Crippen LogP contribution is 2.16. The minimum absolute atomic E-state index is 0.630. The lowest BCUT2D eigenvalue weighted by Gasteiger charge is -2.22. The van der Waals surface area contributed by atoms with Crippen LogP contribution in [-0.2, 0) is 0 Å². The van der Waals surface area contributed by atoms with Gasteiger partial charge < -0.3 is 14.5 Å². The van der Waals surface area contributed by atoms with Crippen molar-refractivity contribution in [3.63, 3.8) is 0 Å². The first-order valence-electron chi connectivity index (χ1n) is 7.31. The third-order valence-electron chi connectivity index (χ3n) is 3.37. The third kappa shape index (κ3) is 4.59. The Morgan fingerprint density at radius 2 is 2.15 bits per heavy atom. The van der Waals surface area contributed by atoms with E-state index in [0.29, 0.717) is 12.5 Å². The molecule has 0 aromatic carbocycles. The predicted molar refractivity (Wildman–Crippen MR) is 84.9 cm³/mol. The van der Waals surface area contributed by atoms with Crippen LogP contribution < -0.4 is 9.64 Å². The molecule has 0 radical (unpaired) electrons. The monoisotopic (exact) mass is 342 g/mol. The van der Waals surface area contributed by atoms with Gasteiger partial charge in [-0.25, -0.2) is 0 Å². The molecule has 0 amide bonds. The van der Waals surface area contributed by atoms with Crippen LogP contribution >= 0.6 is 15.9 Å². The molecule has 0 saturated carbocycles. The Labute approximate surface area is 129 Å². The second-order valence-electron chi connectivity index (χ2n) is 4.94. The van der Waals surface area contributed by atoms with Gasteiger partial charge in [-0.1, -0.05) is 22.9 Å². The molecule has 1 aliphatic heterocycles. The van der Waals surface area contributed by atoms with Crippen LogP contribution in [0.4, 0.5) is 5.82 Å². The Hall–Kier alpha value is -0.880. The molecule has 0 spiro atoms. The smallest absolute Gasteiger partial charge is 0.234 e. The van der Waals surface area contributed by atoms with Gasteiger partial charge in [0.1, 0.15) is 0 Å². The van der Waals surface area contributed by atoms with Gasteiger partial charge in [0.2, 0.25) is 5.88 Å². The van der Waals surface area contributed by atoms with Crippen LogP contribution in [0.25, 0.3) is 0 Å². The number of halogens is 1. The van der Waals surface area contributed by atoms with Crippen LogP contribution in [0.2, 0.25) is 0 Å². The zero-order chi connectivity index (χ0) is 14.2. The summed E-state index contributed by atoms with van der Waals surface area (Å²) in [4.78, 5) is 13.6. The minimum Gasteiger partial charge on any atom is -0.477 e. The van der Waals surface area contributed by atoms with Crippen molar-refractivity contribution in [3.8, 4) is 5.88 Å². The van der Waals surface area contributed by atoms with E-state index in [-0.39, 0.29) is 0 Å². The molecule has 0 N–H and O–H groups in total. The van der Waals surface area contributed by atoms with Gasteiger partial charge in [0.15, 0.2) is 5.82 Å². The first kappa shape index (κ1) is 15.5. The van der Waals surface area contributed by atoms with Crippen molar-refractivity contribution in [1.82, 2.24) is 14.9 Å². The second-order valence-corrected chi connectivity index (χ2v) is 5.73. The maximum atomic E-state index is 5.56. The summed E-state index contributed by atoms with van der Waals surface area (Å²) in [7, 11) is 0. The standard InChI is InChI=1S/C14H23BrN4O/c1-2-10-20-14-12-16-11-13(17-14)19-6-3-5-18(7-4-15)8-9-19/h11-12H,2-10H2,1H3. The molecule has 1 fully saturated rings. The molecule has 2 heterocycles. The number of anilines is 1. The van der Waals surface area contributed by atoms with Crippen LogP contribution in [0.1, 0.15) is 19.8 Å². The highest BCUT2D eigenvalue weighted by atomic mass is 79.9. The van der Waals surface area contributed by atoms with Crippen molar-refractivity contribution in [2.45, 2.75) is 19.8 Å². The van der Waals surface area contributed by atoms with E-state index in [1.54, 1.807) is 6.20 Å². The van der Waals surface area contributed by atoms with Crippen molar-refractivity contribution in [2.24, 2.45) is 0 Å². The van der Waals surface area contributed by atoms with Crippen molar-refractivity contribution in [1.29, 1.82) is 0 Å². The van der Waals surface area contributed by atoms with E-state index in [2.05, 4.69) is 42.6 Å². The quantitative estimate of drug-likeness (QED) is 0.741. The highest BCUT2D eigenvalue weighted by Gasteiger charge is 2.16. The molecule has 1 aliphatic rings. The van der Waals surface area contributed by atoms with Gasteiger partial charge in [0.25, 0.3) is 0 Å². The molecular weight excluding hydrogens is 320 g/mol. The van der Waals surface area contributed by atoms with Crippen molar-refractivity contribution < 1.29 is 4.74 Å². The zero-order valence-corrected chi connectivity index (χ0v) is 13.7. The average molecular weight is 343 g/mol. The van der Waals surface area contributed by atoms with Gasteiger partial charge in [0.05, 0.1) is 19.0 Å². The summed E-state index contributed by atoms with van der Waals surface area (Å²) in [6, 6.07) is 0. The van der Waals surface area contributed by atoms with E-state index in [1.165, 1.54) is 0 Å². The Morgan fingerprint density at radius 1 is 1.25 bits per heavy atom. The van der Waals surface area contributed by atoms with Gasteiger partial charge in [-0.15, -0.1) is 0 Å². The summed E-state index contributed by atoms with van der Waals surface area (Å²) in [5.74, 6) is 1.56. The SMILES string of the molecule is CCCOc1cncc(N2CCCN(CCBr)CC2)n1. The Balaban J connectivity index is 1.96. The molecule has 20 heavy (non-hydrogen) atoms. The number of nitrogens with zero attached hydrogens (tertiary/aromatic N) is 4. The number of rotatable bonds is 6. The van der Waals surface area contributed by atoms with E-state index >= 15 is 0 Å². The number of ether oxygens (including phenoxy) is 1. The van der Waals surface area contributed by atoms with Gasteiger partial charge in [0, 0.05) is 31.5 Å². The van der Waals surface area contributed by atoms with Crippen LogP contribution in [0, 0.1) is 0 Å². The first-order chi connectivity index (χ1) is 9.83. The fourth-order valence-corrected chi connectivity index (χ4v) is 2.81. The lowest BCUT2D eigenvalue weighted by molar-refractivity contribution is 0.303. The highest BCUT2D eigenvalue weighted by molar-refractivity contribution is 9.09. The van der Waals surface area contributed by atoms with Crippen LogP contribution in [0.3, 0.4) is 0 Å². The van der Waals surface area contributed by atoms with Crippen molar-refractivity contribution >= 4 is 21.7 Å². The molecule has 0 atom stereocenters. The molecule has 1 aromatic rings. The average Bonchev–Trinajstić information content (AvgIpc) is 2.72. The van der Waals surface area contributed by atoms with E-state index in [0.717, 1.165) is 56.7 Å². The van der Waals surface area contributed by atoms with Gasteiger partial charge in [-0.05, 0) is 19.4 Å². The summed E-state index contributed by atoms with van der Waals surface area (Å²) < 4.78 is 5.56. The Morgan fingerprint density at radius 3 is 2.95 bits per heavy atom. The van der Waals surface area contributed by atoms with E-state index in [9.17, 15) is 0 Å². The predicted octanol–water partition coefficient (Wildman–Crippen LogP) is 2.17. The summed E-state index contributed by atoms with van der Waals surface area (Å²) in [6.07, 6.45) is 5.67. The van der Waals surface area contributed by atoms with E-state index < -0.39 is 0 Å². The lowest BCUT2D eigenvalue weighted by Crippen LogP contribution is -2.32. The molecule has 1 saturated heterocycles. The van der Waals surface area contributed by atoms with Crippen molar-refractivity contribution in [2.75, 3.05) is 49.6 Å². The van der Waals surface area contributed by atoms with Crippen LogP contribution in [0.15, 0.2) is 12.4 Å². The van der Waals surface area contributed by atoms with E-state index in [1.807, 2.05) is 6.20 Å². The summed E-state index contributed by atoms with van der Waals surface area (Å²) >= 11 is 3.51. The summed E-state index contributed by atoms with van der Waals surface area (Å²) in [6.45, 7) is 8.15. The fraction of sp³-hybridized carbons (Fsp3) is 0.714. The Bertz CT molecular complexity index is 405. The van der Waals surface area contributed by atoms with Crippen molar-refractivity contribution in [3.05, 3.63) is 12.4 Å². The number of hydrogen-bond acceptors (Lipinski definition) is 5. The maximum Gasteiger partial charge on any atom is 0.234 e. The van der Waals surface area contributed by atoms with Gasteiger partial charge in [-0.3, -0.25) is 4.98 Å².